The first-order valence-electron chi connectivity index (χ1n) is 14.4. The number of ketones is 1. The SMILES string of the molecule is Cc1cnc2c(C(=O)Cc3cnccc3N3C[C@H](C)C[C@H](CC(=O)OC(C)(C)C)C3)c(NC(=O)OC(C)(C)C)oc2c1. The van der Waals surface area contributed by atoms with Crippen LogP contribution in [-0.2, 0) is 20.7 Å². The van der Waals surface area contributed by atoms with Gasteiger partial charge in [0.15, 0.2) is 11.4 Å². The Morgan fingerprint density at radius 3 is 2.48 bits per heavy atom. The summed E-state index contributed by atoms with van der Waals surface area (Å²) < 4.78 is 16.9. The Kier molecular flexibility index (Phi) is 8.94. The van der Waals surface area contributed by atoms with Gasteiger partial charge in [0.2, 0.25) is 5.88 Å². The van der Waals surface area contributed by atoms with Crippen LogP contribution in [0.15, 0.2) is 35.1 Å². The zero-order valence-corrected chi connectivity index (χ0v) is 25.9. The number of hydrogen-bond donors (Lipinski definition) is 1. The number of carbonyl (C=O) groups excluding carboxylic acids is 3. The fourth-order valence-electron chi connectivity index (χ4n) is 5.39. The van der Waals surface area contributed by atoms with Gasteiger partial charge < -0.3 is 18.8 Å². The number of carbonyl (C=O) groups is 3. The molecule has 42 heavy (non-hydrogen) atoms. The molecule has 10 heteroatoms. The number of aryl methyl sites for hydroxylation is 1. The Bertz CT molecular complexity index is 1470. The maximum absolute atomic E-state index is 13.9. The second kappa shape index (κ2) is 12.1. The number of anilines is 2. The van der Waals surface area contributed by atoms with Gasteiger partial charge in [-0.1, -0.05) is 6.92 Å². The molecule has 3 aromatic rings. The van der Waals surface area contributed by atoms with Crippen LogP contribution in [0.3, 0.4) is 0 Å². The van der Waals surface area contributed by atoms with E-state index in [1.807, 2.05) is 33.8 Å². The standard InChI is InChI=1S/C32H42N4O6/c1-19-12-25-28(34-15-19)27(29(40-25)35-30(39)42-32(6,7)8)24(37)14-22-16-33-10-9-23(22)36-17-20(2)11-21(18-36)13-26(38)41-31(3,4)5/h9-10,12,15-16,20-21H,11,13-14,17-18H2,1-8H3,(H,35,39)/t20-,21-/m1/s1. The summed E-state index contributed by atoms with van der Waals surface area (Å²) in [6, 6.07) is 3.68. The first kappa shape index (κ1) is 31.0. The molecule has 226 valence electrons. The van der Waals surface area contributed by atoms with Crippen LogP contribution in [0.5, 0.6) is 0 Å². The van der Waals surface area contributed by atoms with Crippen molar-refractivity contribution >= 4 is 40.5 Å². The van der Waals surface area contributed by atoms with Crippen molar-refractivity contribution in [1.82, 2.24) is 9.97 Å². The van der Waals surface area contributed by atoms with E-state index in [9.17, 15) is 14.4 Å². The second-order valence-corrected chi connectivity index (χ2v) is 13.3. The van der Waals surface area contributed by atoms with Crippen LogP contribution in [-0.4, -0.2) is 52.1 Å². The highest BCUT2D eigenvalue weighted by Crippen LogP contribution is 2.34. The van der Waals surface area contributed by atoms with Crippen molar-refractivity contribution < 1.29 is 28.3 Å². The van der Waals surface area contributed by atoms with Gasteiger partial charge in [0, 0.05) is 49.4 Å². The summed E-state index contributed by atoms with van der Waals surface area (Å²) in [7, 11) is 0. The van der Waals surface area contributed by atoms with Crippen LogP contribution in [0.25, 0.3) is 11.1 Å². The molecule has 0 bridgehead atoms. The highest BCUT2D eigenvalue weighted by atomic mass is 16.6. The van der Waals surface area contributed by atoms with E-state index in [2.05, 4.69) is 27.1 Å². The number of Topliss-reactive ketones (excluding diaryl/α,β-unsaturated/α-hetero) is 1. The number of nitrogens with zero attached hydrogens (tertiary/aromatic N) is 3. The van der Waals surface area contributed by atoms with Crippen LogP contribution >= 0.6 is 0 Å². The Balaban J connectivity index is 1.60. The minimum absolute atomic E-state index is 0.00295. The fourth-order valence-corrected chi connectivity index (χ4v) is 5.39. The molecule has 1 aliphatic heterocycles. The molecule has 1 N–H and O–H groups in total. The number of esters is 1. The lowest BCUT2D eigenvalue weighted by atomic mass is 9.87. The van der Waals surface area contributed by atoms with Gasteiger partial charge in [-0.15, -0.1) is 0 Å². The lowest BCUT2D eigenvalue weighted by molar-refractivity contribution is -0.156. The molecule has 1 amide bonds. The van der Waals surface area contributed by atoms with Gasteiger partial charge in [0.1, 0.15) is 22.3 Å². The van der Waals surface area contributed by atoms with Crippen molar-refractivity contribution in [3.8, 4) is 0 Å². The normalized spacial score (nSPS) is 17.7. The summed E-state index contributed by atoms with van der Waals surface area (Å²) in [5.74, 6) is -0.0168. The molecule has 3 aromatic heterocycles. The van der Waals surface area contributed by atoms with Gasteiger partial charge in [-0.25, -0.2) is 4.79 Å². The quantitative estimate of drug-likeness (QED) is 0.247. The minimum Gasteiger partial charge on any atom is -0.460 e. The third kappa shape index (κ3) is 8.08. The highest BCUT2D eigenvalue weighted by molar-refractivity contribution is 6.12. The monoisotopic (exact) mass is 578 g/mol. The van der Waals surface area contributed by atoms with Crippen LogP contribution in [0.1, 0.15) is 82.8 Å². The molecule has 4 rings (SSSR count). The molecule has 10 nitrogen and oxygen atoms in total. The van der Waals surface area contributed by atoms with E-state index >= 15 is 0 Å². The van der Waals surface area contributed by atoms with Crippen LogP contribution in [0.2, 0.25) is 0 Å². The molecule has 0 saturated carbocycles. The van der Waals surface area contributed by atoms with Crippen molar-refractivity contribution in [2.45, 2.75) is 85.9 Å². The lowest BCUT2D eigenvalue weighted by Gasteiger charge is -2.38. The maximum Gasteiger partial charge on any atom is 0.414 e. The van der Waals surface area contributed by atoms with Gasteiger partial charge in [-0.2, -0.15) is 0 Å². The maximum atomic E-state index is 13.9. The zero-order valence-electron chi connectivity index (χ0n) is 25.9. The number of hydrogen-bond acceptors (Lipinski definition) is 9. The number of amides is 1. The van der Waals surface area contributed by atoms with Gasteiger partial charge >= 0.3 is 12.1 Å². The smallest absolute Gasteiger partial charge is 0.414 e. The predicted molar refractivity (Wildman–Crippen MR) is 161 cm³/mol. The van der Waals surface area contributed by atoms with Gasteiger partial charge in [0.05, 0.1) is 6.42 Å². The summed E-state index contributed by atoms with van der Waals surface area (Å²) in [4.78, 5) is 50.1. The number of fused-ring (bicyclic) bond motifs is 1. The molecule has 2 atom stereocenters. The van der Waals surface area contributed by atoms with E-state index in [-0.39, 0.29) is 35.5 Å². The number of ether oxygens (including phenoxy) is 2. The third-order valence-corrected chi connectivity index (χ3v) is 6.75. The van der Waals surface area contributed by atoms with Crippen LogP contribution in [0, 0.1) is 18.8 Å². The Morgan fingerprint density at radius 1 is 1.07 bits per heavy atom. The predicted octanol–water partition coefficient (Wildman–Crippen LogP) is 6.50. The Hall–Kier alpha value is -3.95. The van der Waals surface area contributed by atoms with Gasteiger partial charge in [-0.3, -0.25) is 24.9 Å². The van der Waals surface area contributed by atoms with E-state index in [0.717, 1.165) is 29.8 Å². The average molecular weight is 579 g/mol. The largest absolute Gasteiger partial charge is 0.460 e. The molecule has 0 aromatic carbocycles. The fraction of sp³-hybridized carbons (Fsp3) is 0.531. The average Bonchev–Trinajstić information content (AvgIpc) is 3.18. The van der Waals surface area contributed by atoms with Gasteiger partial charge in [0.25, 0.3) is 0 Å². The third-order valence-electron chi connectivity index (χ3n) is 6.75. The molecular formula is C32H42N4O6. The van der Waals surface area contributed by atoms with Crippen LogP contribution < -0.4 is 10.2 Å². The molecule has 4 heterocycles. The number of pyridine rings is 2. The molecule has 1 fully saturated rings. The van der Waals surface area contributed by atoms with Crippen LogP contribution in [0.4, 0.5) is 16.4 Å². The summed E-state index contributed by atoms with van der Waals surface area (Å²) in [5, 5.41) is 2.61. The van der Waals surface area contributed by atoms with Crippen molar-refractivity contribution in [3.05, 3.63) is 47.4 Å². The Morgan fingerprint density at radius 2 is 1.79 bits per heavy atom. The second-order valence-electron chi connectivity index (χ2n) is 13.3. The van der Waals surface area contributed by atoms with Crippen molar-refractivity contribution in [1.29, 1.82) is 0 Å². The first-order valence-corrected chi connectivity index (χ1v) is 14.4. The van der Waals surface area contributed by atoms with E-state index in [4.69, 9.17) is 13.9 Å². The van der Waals surface area contributed by atoms with Crippen molar-refractivity contribution in [2.24, 2.45) is 11.8 Å². The molecule has 0 aliphatic carbocycles. The van der Waals surface area contributed by atoms with Crippen molar-refractivity contribution in [2.75, 3.05) is 23.3 Å². The summed E-state index contributed by atoms with van der Waals surface area (Å²) in [5.41, 5.74) is 2.16. The minimum atomic E-state index is -0.730. The van der Waals surface area contributed by atoms with E-state index in [0.29, 0.717) is 30.0 Å². The number of aromatic nitrogens is 2. The Labute approximate surface area is 247 Å². The summed E-state index contributed by atoms with van der Waals surface area (Å²) >= 11 is 0. The molecular weight excluding hydrogens is 536 g/mol. The summed E-state index contributed by atoms with van der Waals surface area (Å²) in [6.07, 6.45) is 5.59. The zero-order chi connectivity index (χ0) is 30.8. The van der Waals surface area contributed by atoms with E-state index in [1.54, 1.807) is 45.4 Å². The van der Waals surface area contributed by atoms with Gasteiger partial charge in [-0.05, 0) is 84.4 Å². The topological polar surface area (TPSA) is 124 Å². The number of nitrogens with one attached hydrogen (secondary N) is 1. The highest BCUT2D eigenvalue weighted by Gasteiger charge is 2.31. The van der Waals surface area contributed by atoms with E-state index < -0.39 is 17.3 Å². The first-order chi connectivity index (χ1) is 19.6. The molecule has 0 unspecified atom stereocenters. The van der Waals surface area contributed by atoms with Crippen molar-refractivity contribution in [3.63, 3.8) is 0 Å². The number of rotatable bonds is 7. The molecule has 0 radical (unpaired) electrons. The molecule has 1 saturated heterocycles. The molecule has 0 spiro atoms. The lowest BCUT2D eigenvalue weighted by Crippen LogP contribution is -2.41. The molecule has 1 aliphatic rings. The number of piperidine rings is 1. The summed E-state index contributed by atoms with van der Waals surface area (Å²) in [6.45, 7) is 16.4. The van der Waals surface area contributed by atoms with E-state index in [1.165, 1.54) is 0 Å². The number of furan rings is 1.